The summed E-state index contributed by atoms with van der Waals surface area (Å²) >= 11 is 0. The second-order valence-corrected chi connectivity index (χ2v) is 11.5. The zero-order valence-electron chi connectivity index (χ0n) is 12.3. The number of nitrogens with zero attached hydrogens (tertiary/aromatic N) is 1. The maximum absolute atomic E-state index is 8.69. The molecule has 101 valence electrons. The predicted molar refractivity (Wildman–Crippen MR) is 83.1 cm³/mol. The van der Waals surface area contributed by atoms with Gasteiger partial charge in [0.2, 0.25) is 0 Å². The van der Waals surface area contributed by atoms with E-state index < -0.39 is 8.24 Å². The third-order valence-electron chi connectivity index (χ3n) is 4.29. The lowest BCUT2D eigenvalue weighted by Crippen LogP contribution is -2.44. The Hall–Kier alpha value is -1.20. The van der Waals surface area contributed by atoms with E-state index in [1.807, 2.05) is 12.1 Å². The third kappa shape index (κ3) is 2.45. The molecule has 0 aliphatic heterocycles. The molecule has 2 aromatic rings. The maximum atomic E-state index is 8.69. The molecule has 0 aliphatic rings. The van der Waals surface area contributed by atoms with Crippen LogP contribution >= 0.6 is 0 Å². The van der Waals surface area contributed by atoms with Crippen LogP contribution in [-0.2, 0) is 0 Å². The SMILES string of the molecule is CC(C)(C)[Si](C)(C)n1ccc2cc(O[B]O)ccc21. The average Bonchev–Trinajstić information content (AvgIpc) is 2.71. The molecule has 0 amide bonds. The molecule has 1 heterocycles. The highest BCUT2D eigenvalue weighted by Crippen LogP contribution is 2.39. The normalized spacial score (nSPS) is 12.7. The lowest BCUT2D eigenvalue weighted by Gasteiger charge is -2.38. The van der Waals surface area contributed by atoms with Crippen molar-refractivity contribution in [3.8, 4) is 5.75 Å². The predicted octanol–water partition coefficient (Wildman–Crippen LogP) is 3.40. The van der Waals surface area contributed by atoms with E-state index in [0.29, 0.717) is 13.4 Å². The zero-order chi connectivity index (χ0) is 14.3. The van der Waals surface area contributed by atoms with Crippen LogP contribution in [0.4, 0.5) is 0 Å². The summed E-state index contributed by atoms with van der Waals surface area (Å²) in [6, 6.07) is 8.01. The number of fused-ring (bicyclic) bond motifs is 1. The molecule has 0 saturated carbocycles. The molecule has 5 heteroatoms. The Labute approximate surface area is 116 Å². The highest BCUT2D eigenvalue weighted by molar-refractivity contribution is 6.79. The standard InChI is InChI=1S/C14H21BNO2Si/c1-14(2,3)19(4,5)16-9-8-11-10-12(18-15-17)6-7-13(11)16/h6-10,17H,1-5H3. The van der Waals surface area contributed by atoms with Gasteiger partial charge in [-0.05, 0) is 35.5 Å². The Balaban J connectivity index is 2.52. The van der Waals surface area contributed by atoms with Gasteiger partial charge in [-0.15, -0.1) is 0 Å². The van der Waals surface area contributed by atoms with Crippen LogP contribution < -0.4 is 4.65 Å². The van der Waals surface area contributed by atoms with Crippen molar-refractivity contribution in [2.24, 2.45) is 0 Å². The van der Waals surface area contributed by atoms with Crippen molar-refractivity contribution in [3.05, 3.63) is 30.5 Å². The Morgan fingerprint density at radius 3 is 2.47 bits per heavy atom. The van der Waals surface area contributed by atoms with Gasteiger partial charge in [-0.3, -0.25) is 0 Å². The minimum Gasteiger partial charge on any atom is -0.537 e. The van der Waals surface area contributed by atoms with E-state index in [0.717, 1.165) is 5.39 Å². The fourth-order valence-electron chi connectivity index (χ4n) is 2.10. The molecule has 0 fully saturated rings. The number of rotatable bonds is 3. The Morgan fingerprint density at radius 1 is 1.21 bits per heavy atom. The Kier molecular flexibility index (Phi) is 3.53. The van der Waals surface area contributed by atoms with Crippen molar-refractivity contribution in [3.63, 3.8) is 0 Å². The summed E-state index contributed by atoms with van der Waals surface area (Å²) in [7, 11) is -0.896. The Morgan fingerprint density at radius 2 is 1.89 bits per heavy atom. The van der Waals surface area contributed by atoms with Crippen molar-refractivity contribution >= 4 is 26.8 Å². The van der Waals surface area contributed by atoms with Crippen LogP contribution in [0, 0.1) is 0 Å². The molecular weight excluding hydrogens is 253 g/mol. The molecule has 0 atom stereocenters. The van der Waals surface area contributed by atoms with Gasteiger partial charge in [-0.2, -0.15) is 0 Å². The number of hydrogen-bond donors (Lipinski definition) is 1. The minimum absolute atomic E-state index is 0.285. The second-order valence-electron chi connectivity index (χ2n) is 6.44. The van der Waals surface area contributed by atoms with Gasteiger partial charge >= 0.3 is 7.69 Å². The quantitative estimate of drug-likeness (QED) is 0.870. The molecule has 19 heavy (non-hydrogen) atoms. The number of aromatic nitrogens is 1. The molecule has 1 radical (unpaired) electrons. The number of benzene rings is 1. The van der Waals surface area contributed by atoms with Gasteiger partial charge in [0.05, 0.1) is 0 Å². The molecule has 3 nitrogen and oxygen atoms in total. The molecule has 0 bridgehead atoms. The topological polar surface area (TPSA) is 34.4 Å². The third-order valence-corrected chi connectivity index (χ3v) is 9.55. The summed E-state index contributed by atoms with van der Waals surface area (Å²) in [5.41, 5.74) is 1.23. The monoisotopic (exact) mass is 274 g/mol. The molecule has 0 unspecified atom stereocenters. The van der Waals surface area contributed by atoms with Gasteiger partial charge in [0.1, 0.15) is 5.75 Å². The van der Waals surface area contributed by atoms with Gasteiger partial charge in [0.15, 0.2) is 8.24 Å². The largest absolute Gasteiger partial charge is 0.569 e. The molecule has 1 N–H and O–H groups in total. The lowest BCUT2D eigenvalue weighted by molar-refractivity contribution is 0.454. The first-order chi connectivity index (χ1) is 8.77. The van der Waals surface area contributed by atoms with E-state index >= 15 is 0 Å². The highest BCUT2D eigenvalue weighted by Gasteiger charge is 2.37. The second kappa shape index (κ2) is 4.72. The highest BCUT2D eigenvalue weighted by atomic mass is 28.3. The zero-order valence-corrected chi connectivity index (χ0v) is 13.3. The first-order valence-corrected chi connectivity index (χ1v) is 9.46. The van der Waals surface area contributed by atoms with Gasteiger partial charge in [0, 0.05) is 10.9 Å². The molecular formula is C14H21BNO2Si. The summed E-state index contributed by atoms with van der Waals surface area (Å²) in [6.07, 6.45) is 2.18. The molecule has 0 spiro atoms. The fraction of sp³-hybridized carbons (Fsp3) is 0.429. The van der Waals surface area contributed by atoms with Crippen LogP contribution in [0.25, 0.3) is 10.9 Å². The van der Waals surface area contributed by atoms with Crippen LogP contribution in [0.15, 0.2) is 30.5 Å². The van der Waals surface area contributed by atoms with Crippen LogP contribution in [-0.4, -0.2) is 25.2 Å². The van der Waals surface area contributed by atoms with Crippen LogP contribution in [0.1, 0.15) is 20.8 Å². The summed E-state index contributed by atoms with van der Waals surface area (Å²) in [5, 5.41) is 10.1. The molecule has 1 aromatic heterocycles. The van der Waals surface area contributed by atoms with E-state index in [9.17, 15) is 0 Å². The Bertz CT molecular complexity index is 587. The van der Waals surface area contributed by atoms with Gasteiger partial charge < -0.3 is 13.9 Å². The first-order valence-electron chi connectivity index (χ1n) is 6.51. The average molecular weight is 274 g/mol. The van der Waals surface area contributed by atoms with Gasteiger partial charge in [-0.25, -0.2) is 0 Å². The van der Waals surface area contributed by atoms with E-state index in [2.05, 4.69) is 56.4 Å². The van der Waals surface area contributed by atoms with E-state index in [-0.39, 0.29) is 5.04 Å². The fourth-order valence-corrected chi connectivity index (χ4v) is 4.08. The van der Waals surface area contributed by atoms with Crippen LogP contribution in [0.2, 0.25) is 18.1 Å². The minimum atomic E-state index is -1.61. The summed E-state index contributed by atoms with van der Waals surface area (Å²) in [6.45, 7) is 11.7. The van der Waals surface area contributed by atoms with Crippen molar-refractivity contribution in [2.45, 2.75) is 38.9 Å². The van der Waals surface area contributed by atoms with Gasteiger partial charge in [0.25, 0.3) is 0 Å². The van der Waals surface area contributed by atoms with Crippen molar-refractivity contribution < 1.29 is 9.68 Å². The smallest absolute Gasteiger partial charge is 0.537 e. The maximum Gasteiger partial charge on any atom is 0.569 e. The summed E-state index contributed by atoms with van der Waals surface area (Å²) < 4.78 is 7.45. The molecule has 0 saturated heterocycles. The summed E-state index contributed by atoms with van der Waals surface area (Å²) in [5.74, 6) is 0.656. The van der Waals surface area contributed by atoms with E-state index in [1.165, 1.54) is 5.52 Å². The van der Waals surface area contributed by atoms with E-state index in [1.54, 1.807) is 0 Å². The van der Waals surface area contributed by atoms with Crippen molar-refractivity contribution in [1.82, 2.24) is 4.23 Å². The first kappa shape index (κ1) is 14.2. The lowest BCUT2D eigenvalue weighted by atomic mass is 10.2. The van der Waals surface area contributed by atoms with Crippen LogP contribution in [0.5, 0.6) is 5.75 Å². The molecule has 2 rings (SSSR count). The van der Waals surface area contributed by atoms with Crippen molar-refractivity contribution in [2.75, 3.05) is 0 Å². The van der Waals surface area contributed by atoms with E-state index in [4.69, 9.17) is 9.68 Å². The molecule has 1 aromatic carbocycles. The van der Waals surface area contributed by atoms with Crippen LogP contribution in [0.3, 0.4) is 0 Å². The molecule has 0 aliphatic carbocycles. The van der Waals surface area contributed by atoms with Gasteiger partial charge in [-0.1, -0.05) is 33.9 Å². The summed E-state index contributed by atoms with van der Waals surface area (Å²) in [4.78, 5) is 0. The number of hydrogen-bond acceptors (Lipinski definition) is 2. The van der Waals surface area contributed by atoms with Crippen molar-refractivity contribution in [1.29, 1.82) is 0 Å².